The number of aryl methyl sites for hydroxylation is 1. The Morgan fingerprint density at radius 1 is 1.00 bits per heavy atom. The van der Waals surface area contributed by atoms with Crippen molar-refractivity contribution >= 4 is 62.8 Å². The van der Waals surface area contributed by atoms with E-state index in [0.29, 0.717) is 28.1 Å². The zero-order valence-corrected chi connectivity index (χ0v) is 21.4. The Morgan fingerprint density at radius 2 is 1.74 bits per heavy atom. The second-order valence-electron chi connectivity index (χ2n) is 7.41. The number of halogens is 3. The molecule has 0 atom stereocenters. The van der Waals surface area contributed by atoms with E-state index in [4.69, 9.17) is 27.9 Å². The Bertz CT molecular complexity index is 1200. The molecule has 0 heterocycles. The number of amides is 2. The molecule has 9 heteroatoms. The van der Waals surface area contributed by atoms with Crippen LogP contribution in [0, 0.1) is 6.92 Å². The van der Waals surface area contributed by atoms with Crippen molar-refractivity contribution < 1.29 is 14.3 Å². The highest BCUT2D eigenvalue weighted by atomic mass is 79.9. The summed E-state index contributed by atoms with van der Waals surface area (Å²) in [5.41, 5.74) is 5.70. The van der Waals surface area contributed by atoms with Crippen LogP contribution in [-0.2, 0) is 16.2 Å². The van der Waals surface area contributed by atoms with Gasteiger partial charge in [-0.2, -0.15) is 5.10 Å². The van der Waals surface area contributed by atoms with Crippen molar-refractivity contribution in [1.29, 1.82) is 0 Å². The second-order valence-corrected chi connectivity index (χ2v) is 9.11. The summed E-state index contributed by atoms with van der Waals surface area (Å²) in [6.07, 6.45) is 1.54. The molecule has 0 fully saturated rings. The number of nitrogens with zero attached hydrogens (tertiary/aromatic N) is 1. The van der Waals surface area contributed by atoms with E-state index in [0.717, 1.165) is 21.2 Å². The molecule has 3 aromatic carbocycles. The van der Waals surface area contributed by atoms with Crippen LogP contribution >= 0.6 is 39.1 Å². The Balaban J connectivity index is 1.42. The van der Waals surface area contributed by atoms with Gasteiger partial charge in [-0.05, 0) is 82.0 Å². The number of hydrogen-bond donors (Lipinski definition) is 2. The van der Waals surface area contributed by atoms with Gasteiger partial charge in [-0.25, -0.2) is 5.43 Å². The molecule has 0 spiro atoms. The van der Waals surface area contributed by atoms with Crippen molar-refractivity contribution in [2.45, 2.75) is 26.4 Å². The predicted molar refractivity (Wildman–Crippen MR) is 140 cm³/mol. The van der Waals surface area contributed by atoms with Crippen molar-refractivity contribution in [2.24, 2.45) is 5.10 Å². The van der Waals surface area contributed by atoms with Crippen molar-refractivity contribution in [3.05, 3.63) is 91.9 Å². The largest absolute Gasteiger partial charge is 0.488 e. The predicted octanol–water partition coefficient (Wildman–Crippen LogP) is 6.51. The first-order chi connectivity index (χ1) is 16.3. The number of nitrogens with one attached hydrogen (secondary N) is 2. The molecule has 0 unspecified atom stereocenters. The molecule has 0 aromatic heterocycles. The summed E-state index contributed by atoms with van der Waals surface area (Å²) in [6.45, 7) is 2.28. The lowest BCUT2D eigenvalue weighted by Crippen LogP contribution is -2.20. The summed E-state index contributed by atoms with van der Waals surface area (Å²) in [7, 11) is 0. The standard InChI is InChI=1S/C25H22BrCl2N3O3/c1-16-2-8-20(13-22(16)28)30-24(32)10-11-25(33)31-29-14-18-5-9-23(21(26)12-18)34-15-17-3-6-19(27)7-4-17/h2-9,12-14H,10-11,15H2,1H3,(H,30,32)(H,31,33). The van der Waals surface area contributed by atoms with Gasteiger partial charge in [0.25, 0.3) is 0 Å². The lowest BCUT2D eigenvalue weighted by Gasteiger charge is -2.09. The fourth-order valence-corrected chi connectivity index (χ4v) is 3.63. The van der Waals surface area contributed by atoms with Gasteiger partial charge in [0.1, 0.15) is 12.4 Å². The first-order valence-corrected chi connectivity index (χ1v) is 11.9. The van der Waals surface area contributed by atoms with Crippen LogP contribution < -0.4 is 15.5 Å². The van der Waals surface area contributed by atoms with Gasteiger partial charge in [-0.1, -0.05) is 41.4 Å². The Hall–Kier alpha value is -2.87. The molecule has 0 saturated carbocycles. The van der Waals surface area contributed by atoms with Gasteiger partial charge < -0.3 is 10.1 Å². The lowest BCUT2D eigenvalue weighted by atomic mass is 10.2. The molecule has 0 aliphatic carbocycles. The molecule has 2 amide bonds. The maximum absolute atomic E-state index is 12.0. The topological polar surface area (TPSA) is 79.8 Å². The lowest BCUT2D eigenvalue weighted by molar-refractivity contribution is -0.124. The van der Waals surface area contributed by atoms with E-state index in [2.05, 4.69) is 31.8 Å². The molecule has 3 rings (SSSR count). The van der Waals surface area contributed by atoms with E-state index in [-0.39, 0.29) is 24.7 Å². The van der Waals surface area contributed by atoms with Crippen molar-refractivity contribution in [2.75, 3.05) is 5.32 Å². The van der Waals surface area contributed by atoms with Gasteiger partial charge in [0, 0.05) is 28.6 Å². The zero-order valence-electron chi connectivity index (χ0n) is 18.3. The van der Waals surface area contributed by atoms with E-state index in [1.807, 2.05) is 55.5 Å². The number of carbonyl (C=O) groups is 2. The van der Waals surface area contributed by atoms with E-state index in [1.54, 1.807) is 12.1 Å². The zero-order chi connectivity index (χ0) is 24.5. The second kappa shape index (κ2) is 12.6. The summed E-state index contributed by atoms with van der Waals surface area (Å²) < 4.78 is 6.57. The van der Waals surface area contributed by atoms with Crippen LogP contribution in [-0.4, -0.2) is 18.0 Å². The average molecular weight is 563 g/mol. The Kier molecular flexibility index (Phi) is 9.51. The number of hydrogen-bond acceptors (Lipinski definition) is 4. The summed E-state index contributed by atoms with van der Waals surface area (Å²) in [5.74, 6) is 0.0319. The summed E-state index contributed by atoms with van der Waals surface area (Å²) in [6, 6.07) is 18.1. The summed E-state index contributed by atoms with van der Waals surface area (Å²) in [4.78, 5) is 24.0. The molecular formula is C25H22BrCl2N3O3. The highest BCUT2D eigenvalue weighted by Gasteiger charge is 2.08. The minimum Gasteiger partial charge on any atom is -0.488 e. The molecule has 6 nitrogen and oxygen atoms in total. The van der Waals surface area contributed by atoms with Crippen molar-refractivity contribution in [1.82, 2.24) is 5.43 Å². The third kappa shape index (κ3) is 8.17. The van der Waals surface area contributed by atoms with Gasteiger partial charge in [0.05, 0.1) is 10.7 Å². The first-order valence-electron chi connectivity index (χ1n) is 10.3. The maximum Gasteiger partial charge on any atom is 0.240 e. The number of hydrazone groups is 1. The normalized spacial score (nSPS) is 10.8. The van der Waals surface area contributed by atoms with E-state index in [9.17, 15) is 9.59 Å². The maximum atomic E-state index is 12.0. The van der Waals surface area contributed by atoms with Crippen LogP contribution in [0.3, 0.4) is 0 Å². The van der Waals surface area contributed by atoms with Crippen LogP contribution in [0.5, 0.6) is 5.75 Å². The third-order valence-corrected chi connectivity index (χ3v) is 5.98. The van der Waals surface area contributed by atoms with Gasteiger partial charge in [0.2, 0.25) is 11.8 Å². The summed E-state index contributed by atoms with van der Waals surface area (Å²) in [5, 5.41) is 7.91. The molecular weight excluding hydrogens is 541 g/mol. The molecule has 0 bridgehead atoms. The minimum atomic E-state index is -0.365. The number of ether oxygens (including phenoxy) is 1. The number of carbonyl (C=O) groups excluding carboxylic acids is 2. The van der Waals surface area contributed by atoms with Crippen molar-refractivity contribution in [3.63, 3.8) is 0 Å². The fourth-order valence-electron chi connectivity index (χ4n) is 2.81. The Labute approximate surface area is 216 Å². The molecule has 0 aliphatic rings. The number of rotatable bonds is 9. The number of benzene rings is 3. The van der Waals surface area contributed by atoms with Crippen molar-refractivity contribution in [3.8, 4) is 5.75 Å². The highest BCUT2D eigenvalue weighted by Crippen LogP contribution is 2.26. The van der Waals surface area contributed by atoms with Gasteiger partial charge in [0.15, 0.2) is 0 Å². The Morgan fingerprint density at radius 3 is 2.44 bits per heavy atom. The SMILES string of the molecule is Cc1ccc(NC(=O)CCC(=O)NN=Cc2ccc(OCc3ccc(Cl)cc3)c(Br)c2)cc1Cl. The molecule has 2 N–H and O–H groups in total. The van der Waals surface area contributed by atoms with Gasteiger partial charge in [-0.15, -0.1) is 0 Å². The summed E-state index contributed by atoms with van der Waals surface area (Å²) >= 11 is 15.4. The van der Waals surface area contributed by atoms with Gasteiger partial charge >= 0.3 is 0 Å². The van der Waals surface area contributed by atoms with Crippen LogP contribution in [0.2, 0.25) is 10.0 Å². The van der Waals surface area contributed by atoms with E-state index >= 15 is 0 Å². The molecule has 3 aromatic rings. The average Bonchev–Trinajstić information content (AvgIpc) is 2.81. The quantitative estimate of drug-likeness (QED) is 0.230. The molecule has 0 aliphatic heterocycles. The van der Waals surface area contributed by atoms with E-state index in [1.165, 1.54) is 6.21 Å². The molecule has 0 radical (unpaired) electrons. The monoisotopic (exact) mass is 561 g/mol. The molecule has 0 saturated heterocycles. The fraction of sp³-hybridized carbons (Fsp3) is 0.160. The first kappa shape index (κ1) is 25.7. The van der Waals surface area contributed by atoms with Crippen LogP contribution in [0.1, 0.15) is 29.5 Å². The van der Waals surface area contributed by atoms with E-state index < -0.39 is 0 Å². The minimum absolute atomic E-state index is 0.00391. The van der Waals surface area contributed by atoms with Crippen LogP contribution in [0.15, 0.2) is 70.2 Å². The van der Waals surface area contributed by atoms with Crippen LogP contribution in [0.25, 0.3) is 0 Å². The number of anilines is 1. The third-order valence-electron chi connectivity index (χ3n) is 4.70. The van der Waals surface area contributed by atoms with Gasteiger partial charge in [-0.3, -0.25) is 9.59 Å². The molecule has 34 heavy (non-hydrogen) atoms. The smallest absolute Gasteiger partial charge is 0.240 e. The highest BCUT2D eigenvalue weighted by molar-refractivity contribution is 9.10. The van der Waals surface area contributed by atoms with Crippen LogP contribution in [0.4, 0.5) is 5.69 Å². The molecule has 176 valence electrons.